The van der Waals surface area contributed by atoms with Gasteiger partial charge in [-0.25, -0.2) is 0 Å². The highest BCUT2D eigenvalue weighted by atomic mass is 32.2. The number of carboxylic acids is 1. The summed E-state index contributed by atoms with van der Waals surface area (Å²) < 4.78 is 0. The van der Waals surface area contributed by atoms with Crippen LogP contribution in [0.1, 0.15) is 21.9 Å². The van der Waals surface area contributed by atoms with E-state index in [4.69, 9.17) is 5.26 Å². The molecule has 4 heteroatoms. The third-order valence-corrected chi connectivity index (χ3v) is 4.13. The second-order valence-electron chi connectivity index (χ2n) is 4.25. The lowest BCUT2D eigenvalue weighted by atomic mass is 10.1. The summed E-state index contributed by atoms with van der Waals surface area (Å²) in [6.45, 7) is 0. The van der Waals surface area contributed by atoms with Gasteiger partial charge in [0.25, 0.3) is 0 Å². The first kappa shape index (κ1) is 14.2. The van der Waals surface area contributed by atoms with Crippen molar-refractivity contribution in [2.45, 2.75) is 11.0 Å². The van der Waals surface area contributed by atoms with Crippen molar-refractivity contribution in [1.29, 1.82) is 5.26 Å². The average molecular weight is 283 g/mol. The van der Waals surface area contributed by atoms with Crippen LogP contribution >= 0.6 is 11.8 Å². The molecule has 0 amide bonds. The Morgan fingerprint density at radius 1 is 1.15 bits per heavy atom. The molecule has 20 heavy (non-hydrogen) atoms. The van der Waals surface area contributed by atoms with Crippen molar-refractivity contribution in [2.75, 3.05) is 0 Å². The zero-order chi connectivity index (χ0) is 14.4. The molecule has 0 saturated carbocycles. The molecule has 0 aliphatic rings. The van der Waals surface area contributed by atoms with Crippen molar-refractivity contribution in [3.05, 3.63) is 71.3 Å². The Hall–Kier alpha value is -2.25. The number of nitrogens with zero attached hydrogens (tertiary/aromatic N) is 1. The summed E-state index contributed by atoms with van der Waals surface area (Å²) in [5.74, 6) is -0.243. The van der Waals surface area contributed by atoms with Gasteiger partial charge in [0, 0.05) is 5.75 Å². The number of benzene rings is 2. The van der Waals surface area contributed by atoms with Crippen LogP contribution in [0.5, 0.6) is 0 Å². The molecule has 0 fully saturated rings. The van der Waals surface area contributed by atoms with E-state index in [0.717, 1.165) is 11.1 Å². The summed E-state index contributed by atoms with van der Waals surface area (Å²) in [7, 11) is 0. The average Bonchev–Trinajstić information content (AvgIpc) is 2.49. The van der Waals surface area contributed by atoms with E-state index in [1.807, 2.05) is 42.5 Å². The van der Waals surface area contributed by atoms with E-state index < -0.39 is 11.2 Å². The second-order valence-corrected chi connectivity index (χ2v) is 5.34. The highest BCUT2D eigenvalue weighted by molar-refractivity contribution is 7.99. The Bertz CT molecular complexity index is 617. The summed E-state index contributed by atoms with van der Waals surface area (Å²) in [6, 6.07) is 18.5. The van der Waals surface area contributed by atoms with Gasteiger partial charge in [0.2, 0.25) is 0 Å². The molecule has 0 heterocycles. The van der Waals surface area contributed by atoms with Crippen LogP contribution < -0.4 is 0 Å². The van der Waals surface area contributed by atoms with Gasteiger partial charge in [-0.05, 0) is 23.3 Å². The standard InChI is InChI=1S/C16H13NO2S/c17-10-12-6-8-13(9-7-12)11-20-15(16(18)19)14-4-2-1-3-5-14/h1-9,15H,11H2,(H,18,19). The van der Waals surface area contributed by atoms with Gasteiger partial charge in [-0.15, -0.1) is 11.8 Å². The maximum Gasteiger partial charge on any atom is 0.321 e. The second kappa shape index (κ2) is 6.78. The number of thioether (sulfide) groups is 1. The lowest BCUT2D eigenvalue weighted by molar-refractivity contribution is -0.136. The van der Waals surface area contributed by atoms with Gasteiger partial charge in [0.1, 0.15) is 5.25 Å². The molecule has 3 nitrogen and oxygen atoms in total. The smallest absolute Gasteiger partial charge is 0.321 e. The van der Waals surface area contributed by atoms with Crippen molar-refractivity contribution >= 4 is 17.7 Å². The van der Waals surface area contributed by atoms with Crippen LogP contribution in [-0.2, 0) is 10.5 Å². The highest BCUT2D eigenvalue weighted by Gasteiger charge is 2.19. The number of rotatable bonds is 5. The molecule has 0 aromatic heterocycles. The molecule has 100 valence electrons. The van der Waals surface area contributed by atoms with Crippen molar-refractivity contribution in [2.24, 2.45) is 0 Å². The molecule has 0 radical (unpaired) electrons. The molecular weight excluding hydrogens is 270 g/mol. The van der Waals surface area contributed by atoms with E-state index in [2.05, 4.69) is 6.07 Å². The van der Waals surface area contributed by atoms with Crippen molar-refractivity contribution in [3.63, 3.8) is 0 Å². The number of carboxylic acid groups (broad SMARTS) is 1. The van der Waals surface area contributed by atoms with Gasteiger partial charge in [0.15, 0.2) is 0 Å². The third-order valence-electron chi connectivity index (χ3n) is 2.83. The topological polar surface area (TPSA) is 61.1 Å². The van der Waals surface area contributed by atoms with Crippen molar-refractivity contribution in [3.8, 4) is 6.07 Å². The van der Waals surface area contributed by atoms with Crippen molar-refractivity contribution < 1.29 is 9.90 Å². The Morgan fingerprint density at radius 2 is 1.80 bits per heavy atom. The zero-order valence-corrected chi connectivity index (χ0v) is 11.5. The number of hydrogen-bond acceptors (Lipinski definition) is 3. The minimum Gasteiger partial charge on any atom is -0.480 e. The lowest BCUT2D eigenvalue weighted by Gasteiger charge is -2.12. The van der Waals surface area contributed by atoms with E-state index in [1.54, 1.807) is 12.1 Å². The molecule has 0 aliphatic heterocycles. The van der Waals surface area contributed by atoms with Gasteiger partial charge in [-0.3, -0.25) is 4.79 Å². The highest BCUT2D eigenvalue weighted by Crippen LogP contribution is 2.31. The summed E-state index contributed by atoms with van der Waals surface area (Å²) in [5, 5.41) is 17.5. The maximum atomic E-state index is 11.4. The summed E-state index contributed by atoms with van der Waals surface area (Å²) >= 11 is 1.37. The van der Waals surface area contributed by atoms with E-state index in [0.29, 0.717) is 11.3 Å². The van der Waals surface area contributed by atoms with Crippen LogP contribution in [0, 0.1) is 11.3 Å². The summed E-state index contributed by atoms with van der Waals surface area (Å²) in [4.78, 5) is 11.4. The van der Waals surface area contributed by atoms with E-state index in [9.17, 15) is 9.90 Å². The van der Waals surface area contributed by atoms with E-state index in [-0.39, 0.29) is 0 Å². The summed E-state index contributed by atoms with van der Waals surface area (Å²) in [5.41, 5.74) is 2.41. The first-order chi connectivity index (χ1) is 9.70. The van der Waals surface area contributed by atoms with E-state index >= 15 is 0 Å². The number of nitriles is 1. The molecule has 0 spiro atoms. The zero-order valence-electron chi connectivity index (χ0n) is 10.7. The maximum absolute atomic E-state index is 11.4. The largest absolute Gasteiger partial charge is 0.480 e. The SMILES string of the molecule is N#Cc1ccc(CSC(C(=O)O)c2ccccc2)cc1. The van der Waals surface area contributed by atoms with Gasteiger partial charge >= 0.3 is 5.97 Å². The van der Waals surface area contributed by atoms with Crippen molar-refractivity contribution in [1.82, 2.24) is 0 Å². The van der Waals surface area contributed by atoms with Crippen LogP contribution in [0.2, 0.25) is 0 Å². The Balaban J connectivity index is 2.06. The quantitative estimate of drug-likeness (QED) is 0.910. The normalized spacial score (nSPS) is 11.6. The Labute approximate surface area is 121 Å². The van der Waals surface area contributed by atoms with Crippen LogP contribution in [0.15, 0.2) is 54.6 Å². The van der Waals surface area contributed by atoms with Gasteiger partial charge < -0.3 is 5.11 Å². The van der Waals surface area contributed by atoms with Gasteiger partial charge in [-0.1, -0.05) is 42.5 Å². The lowest BCUT2D eigenvalue weighted by Crippen LogP contribution is -2.08. The summed E-state index contributed by atoms with van der Waals surface area (Å²) in [6.07, 6.45) is 0. The molecule has 0 bridgehead atoms. The molecule has 2 aromatic carbocycles. The monoisotopic (exact) mass is 283 g/mol. The predicted octanol–water partition coefficient (Wildman–Crippen LogP) is 3.62. The minimum absolute atomic E-state index is 0.577. The predicted molar refractivity (Wildman–Crippen MR) is 79.3 cm³/mol. The first-order valence-electron chi connectivity index (χ1n) is 6.09. The molecule has 1 unspecified atom stereocenters. The molecule has 2 aromatic rings. The number of aliphatic carboxylic acids is 1. The molecular formula is C16H13NO2S. The Morgan fingerprint density at radius 3 is 2.35 bits per heavy atom. The number of hydrogen-bond donors (Lipinski definition) is 1. The van der Waals surface area contributed by atoms with Crippen LogP contribution in [0.3, 0.4) is 0 Å². The van der Waals surface area contributed by atoms with Crippen LogP contribution in [-0.4, -0.2) is 11.1 Å². The van der Waals surface area contributed by atoms with Crippen LogP contribution in [0.4, 0.5) is 0 Å². The number of carbonyl (C=O) groups is 1. The molecule has 2 rings (SSSR count). The fraction of sp³-hybridized carbons (Fsp3) is 0.125. The van der Waals surface area contributed by atoms with Gasteiger partial charge in [0.05, 0.1) is 11.6 Å². The third kappa shape index (κ3) is 3.62. The molecule has 0 aliphatic carbocycles. The fourth-order valence-corrected chi connectivity index (χ4v) is 2.84. The first-order valence-corrected chi connectivity index (χ1v) is 7.14. The van der Waals surface area contributed by atoms with Crippen LogP contribution in [0.25, 0.3) is 0 Å². The Kier molecular flexibility index (Phi) is 4.80. The van der Waals surface area contributed by atoms with Gasteiger partial charge in [-0.2, -0.15) is 5.26 Å². The minimum atomic E-state index is -0.838. The molecule has 1 N–H and O–H groups in total. The fourth-order valence-electron chi connectivity index (χ4n) is 1.79. The molecule has 1 atom stereocenters. The molecule has 0 saturated heterocycles. The van der Waals surface area contributed by atoms with E-state index in [1.165, 1.54) is 11.8 Å².